The summed E-state index contributed by atoms with van der Waals surface area (Å²) in [6.45, 7) is 6.64. The molecule has 0 aliphatic rings. The van der Waals surface area contributed by atoms with E-state index in [-0.39, 0.29) is 23.5 Å². The molecule has 0 unspecified atom stereocenters. The third-order valence-electron chi connectivity index (χ3n) is 1.86. The van der Waals surface area contributed by atoms with Gasteiger partial charge in [0.1, 0.15) is 6.04 Å². The predicted octanol–water partition coefficient (Wildman–Crippen LogP) is 0.246. The molecular formula is C10H17NO4S. The number of carboxylic acids is 1. The SMILES string of the molecule is C=C(C)[C@H](CO)SC[C@@H](NC(C)=O)C(=O)O. The fourth-order valence-corrected chi connectivity index (χ4v) is 2.02. The third kappa shape index (κ3) is 5.77. The number of thioether (sulfide) groups is 1. The number of nitrogens with one attached hydrogen (secondary N) is 1. The number of carbonyl (C=O) groups excluding carboxylic acids is 1. The Morgan fingerprint density at radius 3 is 2.31 bits per heavy atom. The van der Waals surface area contributed by atoms with Crippen molar-refractivity contribution in [2.24, 2.45) is 0 Å². The average Bonchev–Trinajstić information content (AvgIpc) is 2.15. The third-order valence-corrected chi connectivity index (χ3v) is 3.33. The summed E-state index contributed by atoms with van der Waals surface area (Å²) in [7, 11) is 0. The maximum atomic E-state index is 10.8. The van der Waals surface area contributed by atoms with Gasteiger partial charge in [-0.2, -0.15) is 0 Å². The van der Waals surface area contributed by atoms with Crippen molar-refractivity contribution in [2.45, 2.75) is 25.1 Å². The lowest BCUT2D eigenvalue weighted by Crippen LogP contribution is -2.42. The molecule has 0 bridgehead atoms. The van der Waals surface area contributed by atoms with Gasteiger partial charge in [0.2, 0.25) is 5.91 Å². The van der Waals surface area contributed by atoms with Gasteiger partial charge in [0, 0.05) is 17.9 Å². The molecule has 5 nitrogen and oxygen atoms in total. The molecule has 0 aromatic carbocycles. The minimum Gasteiger partial charge on any atom is -0.480 e. The molecule has 0 rings (SSSR count). The van der Waals surface area contributed by atoms with E-state index in [9.17, 15) is 9.59 Å². The van der Waals surface area contributed by atoms with E-state index >= 15 is 0 Å². The van der Waals surface area contributed by atoms with Crippen molar-refractivity contribution >= 4 is 23.6 Å². The standard InChI is InChI=1S/C10H17NO4S/c1-6(2)9(4-12)16-5-8(10(14)15)11-7(3)13/h8-9,12H,1,4-5H2,2-3H3,(H,11,13)(H,14,15)/t8-,9+/m1/s1. The molecule has 3 N–H and O–H groups in total. The molecule has 0 saturated heterocycles. The lowest BCUT2D eigenvalue weighted by molar-refractivity contribution is -0.140. The molecule has 92 valence electrons. The van der Waals surface area contributed by atoms with Crippen molar-refractivity contribution in [3.05, 3.63) is 12.2 Å². The van der Waals surface area contributed by atoms with E-state index in [2.05, 4.69) is 11.9 Å². The maximum Gasteiger partial charge on any atom is 0.327 e. The summed E-state index contributed by atoms with van der Waals surface area (Å²) in [6.07, 6.45) is 0. The van der Waals surface area contributed by atoms with Gasteiger partial charge in [-0.1, -0.05) is 12.2 Å². The van der Waals surface area contributed by atoms with E-state index < -0.39 is 12.0 Å². The van der Waals surface area contributed by atoms with Crippen LogP contribution in [0.25, 0.3) is 0 Å². The highest BCUT2D eigenvalue weighted by molar-refractivity contribution is 8.00. The fraction of sp³-hybridized carbons (Fsp3) is 0.600. The molecule has 2 atom stereocenters. The summed E-state index contributed by atoms with van der Waals surface area (Å²) in [5, 5.41) is 20.0. The van der Waals surface area contributed by atoms with E-state index in [4.69, 9.17) is 10.2 Å². The normalized spacial score (nSPS) is 13.9. The Morgan fingerprint density at radius 1 is 1.44 bits per heavy atom. The zero-order valence-electron chi connectivity index (χ0n) is 9.40. The van der Waals surface area contributed by atoms with Gasteiger partial charge >= 0.3 is 5.97 Å². The Kier molecular flexibility index (Phi) is 6.83. The quantitative estimate of drug-likeness (QED) is 0.561. The molecule has 6 heteroatoms. The first kappa shape index (κ1) is 15.0. The van der Waals surface area contributed by atoms with E-state index in [0.29, 0.717) is 0 Å². The van der Waals surface area contributed by atoms with Crippen molar-refractivity contribution in [3.8, 4) is 0 Å². The van der Waals surface area contributed by atoms with Crippen LogP contribution in [0.4, 0.5) is 0 Å². The molecule has 16 heavy (non-hydrogen) atoms. The summed E-state index contributed by atoms with van der Waals surface area (Å²) in [6, 6.07) is -0.934. The van der Waals surface area contributed by atoms with Gasteiger partial charge in [-0.25, -0.2) is 4.79 Å². The zero-order valence-corrected chi connectivity index (χ0v) is 10.2. The minimum atomic E-state index is -1.08. The number of amides is 1. The topological polar surface area (TPSA) is 86.6 Å². The molecule has 0 aromatic heterocycles. The van der Waals surface area contributed by atoms with Gasteiger partial charge in [-0.3, -0.25) is 4.79 Å². The van der Waals surface area contributed by atoms with Crippen LogP contribution >= 0.6 is 11.8 Å². The van der Waals surface area contributed by atoms with Crippen LogP contribution < -0.4 is 5.32 Å². The average molecular weight is 247 g/mol. The highest BCUT2D eigenvalue weighted by Crippen LogP contribution is 2.18. The zero-order chi connectivity index (χ0) is 12.7. The van der Waals surface area contributed by atoms with Crippen molar-refractivity contribution in [3.63, 3.8) is 0 Å². The first-order chi connectivity index (χ1) is 7.38. The highest BCUT2D eigenvalue weighted by atomic mass is 32.2. The second-order valence-corrected chi connectivity index (χ2v) is 4.68. The first-order valence-corrected chi connectivity index (χ1v) is 5.81. The van der Waals surface area contributed by atoms with Gasteiger partial charge in [0.15, 0.2) is 0 Å². The molecule has 0 fully saturated rings. The van der Waals surface area contributed by atoms with Gasteiger partial charge in [-0.15, -0.1) is 11.8 Å². The summed E-state index contributed by atoms with van der Waals surface area (Å²) < 4.78 is 0. The number of carboxylic acid groups (broad SMARTS) is 1. The van der Waals surface area contributed by atoms with Crippen LogP contribution in [0, 0.1) is 0 Å². The monoisotopic (exact) mass is 247 g/mol. The van der Waals surface area contributed by atoms with Crippen LogP contribution in [0.1, 0.15) is 13.8 Å². The molecule has 0 saturated carbocycles. The Hall–Kier alpha value is -1.01. The highest BCUT2D eigenvalue weighted by Gasteiger charge is 2.20. The van der Waals surface area contributed by atoms with Gasteiger partial charge in [0.25, 0.3) is 0 Å². The molecule has 1 amide bonds. The lowest BCUT2D eigenvalue weighted by Gasteiger charge is -2.17. The van der Waals surface area contributed by atoms with Crippen LogP contribution in [0.5, 0.6) is 0 Å². The lowest BCUT2D eigenvalue weighted by atomic mass is 10.2. The van der Waals surface area contributed by atoms with E-state index in [1.807, 2.05) is 0 Å². The van der Waals surface area contributed by atoms with E-state index in [1.165, 1.54) is 18.7 Å². The maximum absolute atomic E-state index is 10.8. The molecule has 0 aromatic rings. The predicted molar refractivity (Wildman–Crippen MR) is 63.4 cm³/mol. The van der Waals surface area contributed by atoms with Gasteiger partial charge < -0.3 is 15.5 Å². The Labute approximate surface area is 98.9 Å². The van der Waals surface area contributed by atoms with Crippen LogP contribution in [-0.2, 0) is 9.59 Å². The molecule has 0 spiro atoms. The number of aliphatic hydroxyl groups excluding tert-OH is 1. The Balaban J connectivity index is 4.25. The molecular weight excluding hydrogens is 230 g/mol. The van der Waals surface area contributed by atoms with Gasteiger partial charge in [0.05, 0.1) is 6.61 Å². The number of aliphatic hydroxyl groups is 1. The largest absolute Gasteiger partial charge is 0.480 e. The van der Waals surface area contributed by atoms with Crippen LogP contribution in [0.3, 0.4) is 0 Å². The smallest absolute Gasteiger partial charge is 0.327 e. The van der Waals surface area contributed by atoms with Crippen molar-refractivity contribution in [1.82, 2.24) is 5.32 Å². The molecule has 0 aliphatic carbocycles. The van der Waals surface area contributed by atoms with Crippen LogP contribution in [0.15, 0.2) is 12.2 Å². The molecule has 0 aliphatic heterocycles. The number of carbonyl (C=O) groups is 2. The second-order valence-electron chi connectivity index (χ2n) is 3.44. The summed E-state index contributed by atoms with van der Waals surface area (Å²) in [5.41, 5.74) is 0.777. The van der Waals surface area contributed by atoms with Crippen molar-refractivity contribution in [1.29, 1.82) is 0 Å². The Morgan fingerprint density at radius 2 is 2.00 bits per heavy atom. The molecule has 0 heterocycles. The molecule has 0 radical (unpaired) electrons. The van der Waals surface area contributed by atoms with Crippen LogP contribution in [0.2, 0.25) is 0 Å². The summed E-state index contributed by atoms with van der Waals surface area (Å²) in [4.78, 5) is 21.5. The first-order valence-electron chi connectivity index (χ1n) is 4.76. The number of hydrogen-bond acceptors (Lipinski definition) is 4. The fourth-order valence-electron chi connectivity index (χ4n) is 0.983. The number of aliphatic carboxylic acids is 1. The van der Waals surface area contributed by atoms with Crippen molar-refractivity contribution < 1.29 is 19.8 Å². The Bertz CT molecular complexity index is 280. The minimum absolute atomic E-state index is 0.0909. The van der Waals surface area contributed by atoms with Gasteiger partial charge in [-0.05, 0) is 6.92 Å². The summed E-state index contributed by atoms with van der Waals surface area (Å²) >= 11 is 1.26. The number of rotatable bonds is 7. The second kappa shape index (κ2) is 7.29. The summed E-state index contributed by atoms with van der Waals surface area (Å²) in [5.74, 6) is -1.27. The van der Waals surface area contributed by atoms with E-state index in [0.717, 1.165) is 5.57 Å². The van der Waals surface area contributed by atoms with Crippen LogP contribution in [-0.4, -0.2) is 45.7 Å². The van der Waals surface area contributed by atoms with E-state index in [1.54, 1.807) is 6.92 Å². The van der Waals surface area contributed by atoms with Crippen molar-refractivity contribution in [2.75, 3.05) is 12.4 Å². The number of hydrogen-bond donors (Lipinski definition) is 3.